The van der Waals surface area contributed by atoms with Gasteiger partial charge in [0.1, 0.15) is 0 Å². The first-order valence-corrected chi connectivity index (χ1v) is 3.24. The highest BCUT2D eigenvalue weighted by Gasteiger charge is 2.42. The van der Waals surface area contributed by atoms with Gasteiger partial charge in [-0.15, -0.1) is 12.4 Å². The summed E-state index contributed by atoms with van der Waals surface area (Å²) < 4.78 is 25.1. The zero-order valence-corrected chi connectivity index (χ0v) is 6.46. The molecule has 1 saturated carbocycles. The Bertz CT molecular complexity index is 108. The third-order valence-electron chi connectivity index (χ3n) is 1.94. The van der Waals surface area contributed by atoms with Crippen LogP contribution in [0, 0.1) is 5.92 Å². The fraction of sp³-hybridized carbons (Fsp3) is 1.00. The van der Waals surface area contributed by atoms with Crippen molar-refractivity contribution in [2.75, 3.05) is 6.54 Å². The van der Waals surface area contributed by atoms with E-state index < -0.39 is 11.8 Å². The fourth-order valence-corrected chi connectivity index (χ4v) is 1.29. The second-order valence-corrected chi connectivity index (χ2v) is 2.59. The highest BCUT2D eigenvalue weighted by atomic mass is 35.5. The Labute approximate surface area is 65.4 Å². The molecule has 1 fully saturated rings. The van der Waals surface area contributed by atoms with Crippen molar-refractivity contribution in [3.05, 3.63) is 0 Å². The van der Waals surface area contributed by atoms with E-state index >= 15 is 0 Å². The zero-order valence-electron chi connectivity index (χ0n) is 5.65. The average Bonchev–Trinajstić information content (AvgIpc) is 2.08. The van der Waals surface area contributed by atoms with E-state index in [9.17, 15) is 8.78 Å². The van der Waals surface area contributed by atoms with Crippen molar-refractivity contribution in [2.24, 2.45) is 11.7 Å². The van der Waals surface area contributed by atoms with Gasteiger partial charge in [-0.2, -0.15) is 0 Å². The normalized spacial score (nSPS) is 29.7. The Hall–Kier alpha value is 0.110. The first kappa shape index (κ1) is 10.1. The molecule has 0 aromatic heterocycles. The van der Waals surface area contributed by atoms with Gasteiger partial charge in [0.2, 0.25) is 0 Å². The molecule has 0 saturated heterocycles. The minimum Gasteiger partial charge on any atom is -0.330 e. The van der Waals surface area contributed by atoms with E-state index in [4.69, 9.17) is 5.73 Å². The molecule has 4 heteroatoms. The van der Waals surface area contributed by atoms with E-state index in [0.717, 1.165) is 0 Å². The van der Waals surface area contributed by atoms with Gasteiger partial charge in [-0.25, -0.2) is 8.78 Å². The molecule has 2 N–H and O–H groups in total. The number of nitrogens with two attached hydrogens (primary N) is 1. The lowest BCUT2D eigenvalue weighted by atomic mass is 10.1. The summed E-state index contributed by atoms with van der Waals surface area (Å²) >= 11 is 0. The van der Waals surface area contributed by atoms with Crippen molar-refractivity contribution in [3.63, 3.8) is 0 Å². The Morgan fingerprint density at radius 3 is 2.30 bits per heavy atom. The Morgan fingerprint density at radius 1 is 1.50 bits per heavy atom. The van der Waals surface area contributed by atoms with Crippen molar-refractivity contribution in [1.29, 1.82) is 0 Å². The quantitative estimate of drug-likeness (QED) is 0.640. The lowest BCUT2D eigenvalue weighted by Gasteiger charge is -2.15. The van der Waals surface area contributed by atoms with Crippen molar-refractivity contribution >= 4 is 12.4 Å². The third-order valence-corrected chi connectivity index (χ3v) is 1.94. The van der Waals surface area contributed by atoms with Crippen molar-refractivity contribution in [1.82, 2.24) is 0 Å². The molecule has 0 bridgehead atoms. The number of alkyl halides is 2. The highest BCUT2D eigenvalue weighted by molar-refractivity contribution is 5.85. The first-order valence-electron chi connectivity index (χ1n) is 3.24. The van der Waals surface area contributed by atoms with E-state index in [1.54, 1.807) is 0 Å². The molecule has 1 rings (SSSR count). The number of hydrogen-bond donors (Lipinski definition) is 1. The summed E-state index contributed by atoms with van der Waals surface area (Å²) in [5.74, 6) is -3.01. The molecule has 1 atom stereocenters. The van der Waals surface area contributed by atoms with Gasteiger partial charge in [-0.1, -0.05) is 0 Å². The topological polar surface area (TPSA) is 26.0 Å². The monoisotopic (exact) mass is 171 g/mol. The molecule has 1 aliphatic carbocycles. The Balaban J connectivity index is 0.000000810. The third kappa shape index (κ3) is 1.80. The minimum atomic E-state index is -2.46. The van der Waals surface area contributed by atoms with Gasteiger partial charge in [0.05, 0.1) is 0 Å². The van der Waals surface area contributed by atoms with Crippen LogP contribution in [0.2, 0.25) is 0 Å². The van der Waals surface area contributed by atoms with E-state index in [2.05, 4.69) is 0 Å². The van der Waals surface area contributed by atoms with E-state index in [1.807, 2.05) is 0 Å². The van der Waals surface area contributed by atoms with Gasteiger partial charge in [-0.05, 0) is 12.8 Å². The summed E-state index contributed by atoms with van der Waals surface area (Å²) in [5.41, 5.74) is 5.13. The van der Waals surface area contributed by atoms with Crippen LogP contribution < -0.4 is 5.73 Å². The van der Waals surface area contributed by atoms with Gasteiger partial charge in [-0.3, -0.25) is 0 Å². The highest BCUT2D eigenvalue weighted by Crippen LogP contribution is 2.39. The molecule has 0 aromatic carbocycles. The van der Waals surface area contributed by atoms with Crippen LogP contribution in [0.5, 0.6) is 0 Å². The lowest BCUT2D eigenvalue weighted by Crippen LogP contribution is -2.28. The predicted molar refractivity (Wildman–Crippen MR) is 38.6 cm³/mol. The molecular weight excluding hydrogens is 160 g/mol. The molecular formula is C6H12ClF2N. The van der Waals surface area contributed by atoms with Crippen LogP contribution >= 0.6 is 12.4 Å². The van der Waals surface area contributed by atoms with Crippen LogP contribution in [-0.4, -0.2) is 12.5 Å². The summed E-state index contributed by atoms with van der Waals surface area (Å²) in [6, 6.07) is 0. The zero-order chi connectivity index (χ0) is 6.91. The van der Waals surface area contributed by atoms with Crippen molar-refractivity contribution in [2.45, 2.75) is 25.2 Å². The van der Waals surface area contributed by atoms with Gasteiger partial charge in [0, 0.05) is 18.9 Å². The van der Waals surface area contributed by atoms with Crippen LogP contribution in [0.3, 0.4) is 0 Å². The summed E-state index contributed by atoms with van der Waals surface area (Å²) in [5, 5.41) is 0. The molecule has 0 heterocycles. The number of rotatable bonds is 1. The van der Waals surface area contributed by atoms with Crippen molar-refractivity contribution in [3.8, 4) is 0 Å². The van der Waals surface area contributed by atoms with Crippen LogP contribution in [0.25, 0.3) is 0 Å². The number of halogens is 3. The molecule has 10 heavy (non-hydrogen) atoms. The SMILES string of the molecule is Cl.NCC1CCCC1(F)F. The maximum atomic E-state index is 12.5. The molecule has 62 valence electrons. The molecule has 0 radical (unpaired) electrons. The summed E-state index contributed by atoms with van der Waals surface area (Å²) in [4.78, 5) is 0. The Morgan fingerprint density at radius 2 is 2.10 bits per heavy atom. The van der Waals surface area contributed by atoms with E-state index in [1.165, 1.54) is 0 Å². The molecule has 0 amide bonds. The molecule has 1 aliphatic rings. The molecule has 1 unspecified atom stereocenters. The van der Waals surface area contributed by atoms with Crippen molar-refractivity contribution < 1.29 is 8.78 Å². The average molecular weight is 172 g/mol. The lowest BCUT2D eigenvalue weighted by molar-refractivity contribution is -0.0331. The molecule has 0 spiro atoms. The molecule has 1 nitrogen and oxygen atoms in total. The fourth-order valence-electron chi connectivity index (χ4n) is 1.29. The Kier molecular flexibility index (Phi) is 3.52. The van der Waals surface area contributed by atoms with E-state index in [0.29, 0.717) is 12.8 Å². The van der Waals surface area contributed by atoms with Gasteiger partial charge >= 0.3 is 0 Å². The number of hydrogen-bond acceptors (Lipinski definition) is 1. The summed E-state index contributed by atoms with van der Waals surface area (Å²) in [6.07, 6.45) is 1.27. The summed E-state index contributed by atoms with van der Waals surface area (Å²) in [7, 11) is 0. The maximum Gasteiger partial charge on any atom is 0.252 e. The molecule has 0 aromatic rings. The van der Waals surface area contributed by atoms with Gasteiger partial charge < -0.3 is 5.73 Å². The first-order chi connectivity index (χ1) is 4.17. The second kappa shape index (κ2) is 3.49. The van der Waals surface area contributed by atoms with Gasteiger partial charge in [0.15, 0.2) is 0 Å². The van der Waals surface area contributed by atoms with Crippen LogP contribution in [-0.2, 0) is 0 Å². The predicted octanol–water partition coefficient (Wildman–Crippen LogP) is 1.80. The van der Waals surface area contributed by atoms with Crippen LogP contribution in [0.4, 0.5) is 8.78 Å². The van der Waals surface area contributed by atoms with E-state index in [-0.39, 0.29) is 25.4 Å². The standard InChI is InChI=1S/C6H11F2N.ClH/c7-6(8)3-1-2-5(6)4-9;/h5H,1-4,9H2;1H. The van der Waals surface area contributed by atoms with Gasteiger partial charge in [0.25, 0.3) is 5.92 Å². The van der Waals surface area contributed by atoms with Crippen LogP contribution in [0.1, 0.15) is 19.3 Å². The largest absolute Gasteiger partial charge is 0.330 e. The molecule has 0 aliphatic heterocycles. The summed E-state index contributed by atoms with van der Waals surface area (Å²) in [6.45, 7) is 0.132. The van der Waals surface area contributed by atoms with Crippen LogP contribution in [0.15, 0.2) is 0 Å². The maximum absolute atomic E-state index is 12.5. The smallest absolute Gasteiger partial charge is 0.252 e. The minimum absolute atomic E-state index is 0. The second-order valence-electron chi connectivity index (χ2n) is 2.59.